The molecule has 0 aliphatic rings. The summed E-state index contributed by atoms with van der Waals surface area (Å²) in [6.07, 6.45) is -0.262. The van der Waals surface area contributed by atoms with Gasteiger partial charge in [0.25, 0.3) is 0 Å². The molecule has 0 unspecified atom stereocenters. The second-order valence-corrected chi connectivity index (χ2v) is 12.7. The smallest absolute Gasteiger partial charge is 0.408 e. The summed E-state index contributed by atoms with van der Waals surface area (Å²) in [5, 5.41) is 8.38. The molecular weight excluding hydrogens is 588 g/mol. The first-order valence-corrected chi connectivity index (χ1v) is 15.7. The molecule has 1 aromatic heterocycles. The SMILES string of the molecule is CC(C)(C)OC(=O)N[C@@H](Cc1ccccc1)C(=O)N[C@@H](Cc1c#cc(NS(=O)(=O)O)cc1)c1csc(-c2ccccc2)n1. The number of hydrogen-bond donors (Lipinski definition) is 4. The molecule has 0 aliphatic heterocycles. The Morgan fingerprint density at radius 3 is 2.23 bits per heavy atom. The third-order valence-corrected chi connectivity index (χ3v) is 7.37. The van der Waals surface area contributed by atoms with E-state index in [1.54, 1.807) is 26.8 Å². The maximum absolute atomic E-state index is 13.8. The van der Waals surface area contributed by atoms with Gasteiger partial charge in [-0.2, -0.15) is 8.42 Å². The maximum Gasteiger partial charge on any atom is 0.408 e. The first-order valence-electron chi connectivity index (χ1n) is 13.4. The molecule has 43 heavy (non-hydrogen) atoms. The van der Waals surface area contributed by atoms with E-state index in [1.807, 2.05) is 70.8 Å². The fourth-order valence-electron chi connectivity index (χ4n) is 4.12. The highest BCUT2D eigenvalue weighted by atomic mass is 32.2. The summed E-state index contributed by atoms with van der Waals surface area (Å²) in [7, 11) is -4.46. The monoisotopic (exact) mass is 620 g/mol. The van der Waals surface area contributed by atoms with Crippen LogP contribution in [0.2, 0.25) is 0 Å². The molecule has 12 heteroatoms. The second kappa shape index (κ2) is 13.7. The van der Waals surface area contributed by atoms with Crippen molar-refractivity contribution in [1.82, 2.24) is 15.6 Å². The van der Waals surface area contributed by atoms with Crippen LogP contribution in [0, 0.1) is 12.1 Å². The van der Waals surface area contributed by atoms with Gasteiger partial charge in [0.1, 0.15) is 22.3 Å². The molecule has 0 spiro atoms. The number of aromatic nitrogens is 1. The maximum atomic E-state index is 13.8. The number of thiazole rings is 1. The number of ether oxygens (including phenoxy) is 1. The summed E-state index contributed by atoms with van der Waals surface area (Å²) in [4.78, 5) is 31.3. The minimum Gasteiger partial charge on any atom is -0.444 e. The highest BCUT2D eigenvalue weighted by Crippen LogP contribution is 2.28. The zero-order valence-electron chi connectivity index (χ0n) is 23.8. The van der Waals surface area contributed by atoms with Crippen LogP contribution in [0.15, 0.2) is 78.2 Å². The first-order chi connectivity index (χ1) is 20.3. The zero-order valence-corrected chi connectivity index (χ0v) is 25.5. The number of anilines is 1. The van der Waals surface area contributed by atoms with Gasteiger partial charge in [-0.1, -0.05) is 66.7 Å². The van der Waals surface area contributed by atoms with Gasteiger partial charge in [-0.25, -0.2) is 9.78 Å². The van der Waals surface area contributed by atoms with E-state index in [0.717, 1.165) is 16.1 Å². The van der Waals surface area contributed by atoms with Crippen molar-refractivity contribution in [1.29, 1.82) is 0 Å². The van der Waals surface area contributed by atoms with Crippen LogP contribution in [-0.4, -0.2) is 41.6 Å². The van der Waals surface area contributed by atoms with Gasteiger partial charge in [0, 0.05) is 29.3 Å². The van der Waals surface area contributed by atoms with Gasteiger partial charge in [-0.3, -0.25) is 14.1 Å². The van der Waals surface area contributed by atoms with Gasteiger partial charge in [0.05, 0.1) is 11.7 Å². The molecule has 0 bridgehead atoms. The molecule has 3 aromatic carbocycles. The molecule has 224 valence electrons. The van der Waals surface area contributed by atoms with Crippen molar-refractivity contribution in [3.8, 4) is 10.6 Å². The van der Waals surface area contributed by atoms with Crippen molar-refractivity contribution in [2.24, 2.45) is 0 Å². The van der Waals surface area contributed by atoms with Gasteiger partial charge < -0.3 is 15.4 Å². The molecule has 2 atom stereocenters. The standard InChI is InChI=1S/C31H32N4O6S2/c1-31(2,3)41-30(37)34-26(19-21-10-6-4-7-11-21)28(36)32-25(18-22-14-16-24(17-15-22)35-43(38,39)40)27-20-42-29(33-27)23-12-8-5-9-13-23/h4-14,16,20,25-26,35H,18-19H2,1-3H3,(H,32,36)(H,34,37)(H,38,39,40)/t25-,26-/m0/s1. The van der Waals surface area contributed by atoms with Gasteiger partial charge in [-0.05, 0) is 44.5 Å². The molecule has 1 heterocycles. The first kappa shape index (κ1) is 31.5. The Balaban J connectivity index is 1.61. The van der Waals surface area contributed by atoms with Gasteiger partial charge in [-0.15, -0.1) is 11.3 Å². The zero-order chi connectivity index (χ0) is 31.0. The Kier molecular flexibility index (Phi) is 10.0. The van der Waals surface area contributed by atoms with Gasteiger partial charge in [0.2, 0.25) is 5.91 Å². The van der Waals surface area contributed by atoms with Crippen LogP contribution in [0.4, 0.5) is 10.5 Å². The quantitative estimate of drug-likeness (QED) is 0.169. The van der Waals surface area contributed by atoms with Crippen LogP contribution in [0.5, 0.6) is 0 Å². The summed E-state index contributed by atoms with van der Waals surface area (Å²) in [5.41, 5.74) is 2.23. The van der Waals surface area contributed by atoms with E-state index >= 15 is 0 Å². The fourth-order valence-corrected chi connectivity index (χ4v) is 5.40. The van der Waals surface area contributed by atoms with E-state index in [-0.39, 0.29) is 18.5 Å². The van der Waals surface area contributed by atoms with Crippen LogP contribution in [-0.2, 0) is 32.7 Å². The topological polar surface area (TPSA) is 147 Å². The number of alkyl carbamates (subject to hydrolysis) is 1. The minimum atomic E-state index is -4.46. The van der Waals surface area contributed by atoms with Gasteiger partial charge in [0.15, 0.2) is 0 Å². The van der Waals surface area contributed by atoms with Crippen LogP contribution in [0.1, 0.15) is 43.6 Å². The molecule has 0 saturated heterocycles. The number of carbonyl (C=O) groups is 2. The number of amides is 2. The number of nitrogens with zero attached hydrogens (tertiary/aromatic N) is 1. The van der Waals surface area contributed by atoms with Crippen molar-refractivity contribution < 1.29 is 27.3 Å². The average Bonchev–Trinajstić information content (AvgIpc) is 3.43. The number of benzene rings is 2. The van der Waals surface area contributed by atoms with Crippen molar-refractivity contribution in [2.45, 2.75) is 51.3 Å². The van der Waals surface area contributed by atoms with Crippen molar-refractivity contribution in [2.75, 3.05) is 4.72 Å². The fraction of sp³-hybridized carbons (Fsp3) is 0.258. The van der Waals surface area contributed by atoms with E-state index in [2.05, 4.69) is 22.8 Å². The molecular formula is C31H32N4O6S2. The van der Waals surface area contributed by atoms with Crippen LogP contribution < -0.4 is 15.4 Å². The predicted molar refractivity (Wildman–Crippen MR) is 165 cm³/mol. The molecule has 0 aliphatic carbocycles. The highest BCUT2D eigenvalue weighted by Gasteiger charge is 2.28. The molecule has 4 aromatic rings. The van der Waals surface area contributed by atoms with Crippen molar-refractivity contribution in [3.63, 3.8) is 0 Å². The number of rotatable bonds is 11. The van der Waals surface area contributed by atoms with E-state index in [0.29, 0.717) is 11.3 Å². The molecule has 0 radical (unpaired) electrons. The van der Waals surface area contributed by atoms with E-state index < -0.39 is 40.0 Å². The lowest BCUT2D eigenvalue weighted by Gasteiger charge is -2.25. The molecule has 2 amide bonds. The summed E-state index contributed by atoms with van der Waals surface area (Å²) in [6.45, 7) is 5.23. The Morgan fingerprint density at radius 1 is 0.953 bits per heavy atom. The third-order valence-electron chi connectivity index (χ3n) is 5.98. The van der Waals surface area contributed by atoms with Crippen molar-refractivity contribution in [3.05, 3.63) is 107 Å². The largest absolute Gasteiger partial charge is 0.444 e. The number of carbonyl (C=O) groups excluding carboxylic acids is 2. The van der Waals surface area contributed by atoms with E-state index in [9.17, 15) is 18.0 Å². The Labute approximate surface area is 255 Å². The Bertz CT molecular complexity index is 1620. The Hall–Kier alpha value is -4.44. The Morgan fingerprint density at radius 2 is 1.63 bits per heavy atom. The van der Waals surface area contributed by atoms with Crippen molar-refractivity contribution >= 4 is 39.3 Å². The van der Waals surface area contributed by atoms with Crippen LogP contribution >= 0.6 is 11.3 Å². The van der Waals surface area contributed by atoms with Crippen LogP contribution in [0.3, 0.4) is 0 Å². The second-order valence-electron chi connectivity index (χ2n) is 10.7. The summed E-state index contributed by atoms with van der Waals surface area (Å²) in [6, 6.07) is 25.9. The van der Waals surface area contributed by atoms with Gasteiger partial charge >= 0.3 is 16.4 Å². The lowest BCUT2D eigenvalue weighted by molar-refractivity contribution is -0.124. The third kappa shape index (κ3) is 10.1. The lowest BCUT2D eigenvalue weighted by atomic mass is 10.0. The number of nitrogens with one attached hydrogen (secondary N) is 3. The average molecular weight is 621 g/mol. The number of hydrogen-bond acceptors (Lipinski definition) is 7. The molecule has 4 rings (SSSR count). The van der Waals surface area contributed by atoms with E-state index in [1.165, 1.54) is 17.4 Å². The lowest BCUT2D eigenvalue weighted by Crippen LogP contribution is -2.50. The normalized spacial score (nSPS) is 12.8. The minimum absolute atomic E-state index is 0.0105. The van der Waals surface area contributed by atoms with Crippen LogP contribution in [0.25, 0.3) is 10.6 Å². The summed E-state index contributed by atoms with van der Waals surface area (Å²) in [5.74, 6) is -0.442. The summed E-state index contributed by atoms with van der Waals surface area (Å²) < 4.78 is 38.7. The highest BCUT2D eigenvalue weighted by molar-refractivity contribution is 7.87. The summed E-state index contributed by atoms with van der Waals surface area (Å²) >= 11 is 1.43. The molecule has 10 nitrogen and oxygen atoms in total. The molecule has 0 saturated carbocycles. The van der Waals surface area contributed by atoms with E-state index in [4.69, 9.17) is 14.3 Å². The molecule has 0 fully saturated rings. The predicted octanol–water partition coefficient (Wildman–Crippen LogP) is 5.16. The molecule has 4 N–H and O–H groups in total.